The molecule has 1 aromatic rings. The SMILES string of the molecule is Nc1cc(Cl)c(NC(=O)CCCN2CCCCC2)c(Cl)c1. The second kappa shape index (κ2) is 7.87. The number of nitrogen functional groups attached to an aromatic ring is 1. The molecule has 0 saturated carbocycles. The Morgan fingerprint density at radius 2 is 1.81 bits per heavy atom. The van der Waals surface area contributed by atoms with Crippen molar-refractivity contribution in [1.29, 1.82) is 0 Å². The summed E-state index contributed by atoms with van der Waals surface area (Å²) >= 11 is 12.1. The number of amides is 1. The Balaban J connectivity index is 1.79. The molecule has 0 bridgehead atoms. The number of hydrogen-bond donors (Lipinski definition) is 2. The highest BCUT2D eigenvalue weighted by atomic mass is 35.5. The largest absolute Gasteiger partial charge is 0.399 e. The molecule has 1 saturated heterocycles. The number of likely N-dealkylation sites (tertiary alicyclic amines) is 1. The molecule has 1 aliphatic rings. The molecule has 0 aliphatic carbocycles. The van der Waals surface area contributed by atoms with Crippen LogP contribution in [-0.2, 0) is 4.79 Å². The highest BCUT2D eigenvalue weighted by molar-refractivity contribution is 6.40. The highest BCUT2D eigenvalue weighted by Crippen LogP contribution is 2.32. The van der Waals surface area contributed by atoms with Crippen molar-refractivity contribution in [2.24, 2.45) is 0 Å². The molecule has 0 atom stereocenters. The van der Waals surface area contributed by atoms with Crippen molar-refractivity contribution in [3.63, 3.8) is 0 Å². The number of anilines is 2. The highest BCUT2D eigenvalue weighted by Gasteiger charge is 2.13. The molecule has 1 aliphatic heterocycles. The van der Waals surface area contributed by atoms with Gasteiger partial charge in [-0.05, 0) is 51.0 Å². The summed E-state index contributed by atoms with van der Waals surface area (Å²) in [4.78, 5) is 14.4. The number of nitrogens with zero attached hydrogens (tertiary/aromatic N) is 1. The molecule has 2 rings (SSSR count). The van der Waals surface area contributed by atoms with Gasteiger partial charge in [-0.25, -0.2) is 0 Å². The van der Waals surface area contributed by atoms with Crippen LogP contribution in [0.25, 0.3) is 0 Å². The van der Waals surface area contributed by atoms with Crippen molar-refractivity contribution in [2.75, 3.05) is 30.7 Å². The minimum absolute atomic E-state index is 0.0689. The minimum Gasteiger partial charge on any atom is -0.399 e. The third-order valence-corrected chi connectivity index (χ3v) is 4.25. The van der Waals surface area contributed by atoms with Crippen LogP contribution in [0.2, 0.25) is 10.0 Å². The van der Waals surface area contributed by atoms with E-state index in [0.29, 0.717) is 27.8 Å². The summed E-state index contributed by atoms with van der Waals surface area (Å²) in [7, 11) is 0. The summed E-state index contributed by atoms with van der Waals surface area (Å²) in [6.45, 7) is 3.27. The number of piperidine rings is 1. The molecular weight excluding hydrogens is 309 g/mol. The monoisotopic (exact) mass is 329 g/mol. The molecule has 3 N–H and O–H groups in total. The lowest BCUT2D eigenvalue weighted by Gasteiger charge is -2.26. The van der Waals surface area contributed by atoms with Gasteiger partial charge in [0.15, 0.2) is 0 Å². The molecule has 116 valence electrons. The molecule has 1 heterocycles. The van der Waals surface area contributed by atoms with E-state index >= 15 is 0 Å². The van der Waals surface area contributed by atoms with Crippen molar-refractivity contribution < 1.29 is 4.79 Å². The average Bonchev–Trinajstić information content (AvgIpc) is 2.44. The van der Waals surface area contributed by atoms with Crippen LogP contribution < -0.4 is 11.1 Å². The molecule has 0 unspecified atom stereocenters. The van der Waals surface area contributed by atoms with Crippen LogP contribution in [0.3, 0.4) is 0 Å². The summed E-state index contributed by atoms with van der Waals surface area (Å²) < 4.78 is 0. The molecule has 6 heteroatoms. The number of benzene rings is 1. The molecule has 1 aromatic carbocycles. The van der Waals surface area contributed by atoms with Crippen molar-refractivity contribution in [2.45, 2.75) is 32.1 Å². The van der Waals surface area contributed by atoms with E-state index in [0.717, 1.165) is 26.1 Å². The predicted octanol–water partition coefficient (Wildman–Crippen LogP) is 3.78. The zero-order valence-corrected chi connectivity index (χ0v) is 13.5. The van der Waals surface area contributed by atoms with Gasteiger partial charge in [0.25, 0.3) is 0 Å². The lowest BCUT2D eigenvalue weighted by molar-refractivity contribution is -0.116. The summed E-state index contributed by atoms with van der Waals surface area (Å²) in [5.74, 6) is -0.0689. The number of nitrogens with one attached hydrogen (secondary N) is 1. The van der Waals surface area contributed by atoms with Gasteiger partial charge in [0, 0.05) is 12.1 Å². The quantitative estimate of drug-likeness (QED) is 0.808. The van der Waals surface area contributed by atoms with Crippen molar-refractivity contribution in [3.8, 4) is 0 Å². The smallest absolute Gasteiger partial charge is 0.224 e. The standard InChI is InChI=1S/C15H21Cl2N3O/c16-12-9-11(18)10-13(17)15(12)19-14(21)5-4-8-20-6-2-1-3-7-20/h9-10H,1-8,18H2,(H,19,21). The molecule has 0 radical (unpaired) electrons. The number of hydrogen-bond acceptors (Lipinski definition) is 3. The van der Waals surface area contributed by atoms with Crippen LogP contribution in [0.4, 0.5) is 11.4 Å². The van der Waals surface area contributed by atoms with Gasteiger partial charge in [-0.15, -0.1) is 0 Å². The summed E-state index contributed by atoms with van der Waals surface area (Å²) in [5, 5.41) is 3.50. The molecule has 1 amide bonds. The topological polar surface area (TPSA) is 58.4 Å². The molecule has 4 nitrogen and oxygen atoms in total. The van der Waals surface area contributed by atoms with E-state index in [1.807, 2.05) is 0 Å². The van der Waals surface area contributed by atoms with E-state index in [1.54, 1.807) is 12.1 Å². The van der Waals surface area contributed by atoms with Crippen LogP contribution in [0, 0.1) is 0 Å². The molecule has 0 spiro atoms. The second-order valence-electron chi connectivity index (χ2n) is 5.41. The predicted molar refractivity (Wildman–Crippen MR) is 89.0 cm³/mol. The van der Waals surface area contributed by atoms with Crippen molar-refractivity contribution >= 4 is 40.5 Å². The Hall–Kier alpha value is -0.970. The van der Waals surface area contributed by atoms with E-state index in [2.05, 4.69) is 10.2 Å². The maximum absolute atomic E-state index is 12.0. The van der Waals surface area contributed by atoms with Crippen LogP contribution >= 0.6 is 23.2 Å². The first-order valence-electron chi connectivity index (χ1n) is 7.33. The zero-order chi connectivity index (χ0) is 15.2. The molecule has 1 fully saturated rings. The summed E-state index contributed by atoms with van der Waals surface area (Å²) in [5.41, 5.74) is 6.55. The maximum Gasteiger partial charge on any atom is 0.224 e. The fourth-order valence-corrected chi connectivity index (χ4v) is 3.16. The van der Waals surface area contributed by atoms with E-state index in [9.17, 15) is 4.79 Å². The third kappa shape index (κ3) is 5.06. The Kier molecular flexibility index (Phi) is 6.15. The van der Waals surface area contributed by atoms with Gasteiger partial charge < -0.3 is 16.0 Å². The number of carbonyl (C=O) groups is 1. The average molecular weight is 330 g/mol. The maximum atomic E-state index is 12.0. The van der Waals surface area contributed by atoms with Gasteiger partial charge >= 0.3 is 0 Å². The van der Waals surface area contributed by atoms with Crippen LogP contribution in [0.1, 0.15) is 32.1 Å². The van der Waals surface area contributed by atoms with Gasteiger partial charge in [0.1, 0.15) is 0 Å². The van der Waals surface area contributed by atoms with Gasteiger partial charge in [-0.1, -0.05) is 29.6 Å². The fraction of sp³-hybridized carbons (Fsp3) is 0.533. The molecule has 21 heavy (non-hydrogen) atoms. The Bertz CT molecular complexity index is 479. The number of halogens is 2. The first-order chi connectivity index (χ1) is 10.1. The number of nitrogens with two attached hydrogens (primary N) is 1. The van der Waals surface area contributed by atoms with E-state index in [4.69, 9.17) is 28.9 Å². The van der Waals surface area contributed by atoms with E-state index in [1.165, 1.54) is 19.3 Å². The van der Waals surface area contributed by atoms with E-state index in [-0.39, 0.29) is 5.91 Å². The lowest BCUT2D eigenvalue weighted by atomic mass is 10.1. The van der Waals surface area contributed by atoms with Crippen LogP contribution in [-0.4, -0.2) is 30.4 Å². The van der Waals surface area contributed by atoms with Gasteiger partial charge in [-0.3, -0.25) is 4.79 Å². The summed E-state index contributed by atoms with van der Waals surface area (Å²) in [6.07, 6.45) is 5.17. The van der Waals surface area contributed by atoms with Gasteiger partial charge in [0.2, 0.25) is 5.91 Å². The van der Waals surface area contributed by atoms with Gasteiger partial charge in [-0.2, -0.15) is 0 Å². The van der Waals surface area contributed by atoms with Crippen molar-refractivity contribution in [1.82, 2.24) is 4.90 Å². The number of carbonyl (C=O) groups excluding carboxylic acids is 1. The molecular formula is C15H21Cl2N3O. The Morgan fingerprint density at radius 1 is 1.19 bits per heavy atom. The Morgan fingerprint density at radius 3 is 2.43 bits per heavy atom. The van der Waals surface area contributed by atoms with Crippen LogP contribution in [0.5, 0.6) is 0 Å². The first kappa shape index (κ1) is 16.4. The van der Waals surface area contributed by atoms with Crippen molar-refractivity contribution in [3.05, 3.63) is 22.2 Å². The second-order valence-corrected chi connectivity index (χ2v) is 6.23. The van der Waals surface area contributed by atoms with E-state index < -0.39 is 0 Å². The summed E-state index contributed by atoms with van der Waals surface area (Å²) in [6, 6.07) is 3.16. The molecule has 0 aromatic heterocycles. The third-order valence-electron chi connectivity index (χ3n) is 3.66. The fourth-order valence-electron chi connectivity index (χ4n) is 2.56. The zero-order valence-electron chi connectivity index (χ0n) is 12.0. The van der Waals surface area contributed by atoms with Crippen LogP contribution in [0.15, 0.2) is 12.1 Å². The minimum atomic E-state index is -0.0689. The lowest BCUT2D eigenvalue weighted by Crippen LogP contribution is -2.31. The first-order valence-corrected chi connectivity index (χ1v) is 8.08. The van der Waals surface area contributed by atoms with Gasteiger partial charge in [0.05, 0.1) is 15.7 Å². The normalized spacial score (nSPS) is 15.9. The Labute approximate surface area is 135 Å². The number of rotatable bonds is 5.